The molecule has 0 bridgehead atoms. The molecule has 1 aliphatic heterocycles. The molecule has 0 atom stereocenters. The molecular weight excluding hydrogens is 457 g/mol. The van der Waals surface area contributed by atoms with Crippen molar-refractivity contribution in [1.29, 1.82) is 5.26 Å². The van der Waals surface area contributed by atoms with Crippen molar-refractivity contribution in [1.82, 2.24) is 9.97 Å². The van der Waals surface area contributed by atoms with Crippen LogP contribution in [0.4, 0.5) is 15.8 Å². The van der Waals surface area contributed by atoms with Gasteiger partial charge in [-0.1, -0.05) is 12.1 Å². The zero-order chi connectivity index (χ0) is 24.5. The summed E-state index contributed by atoms with van der Waals surface area (Å²) >= 11 is 5.62. The Balaban J connectivity index is 1.58. The predicted octanol–water partition coefficient (Wildman–Crippen LogP) is 4.06. The van der Waals surface area contributed by atoms with Gasteiger partial charge >= 0.3 is 0 Å². The molecule has 1 N–H and O–H groups in total. The molecule has 1 aliphatic rings. The molecule has 0 aliphatic carbocycles. The van der Waals surface area contributed by atoms with Crippen molar-refractivity contribution in [2.75, 3.05) is 16.9 Å². The van der Waals surface area contributed by atoms with E-state index in [1.807, 2.05) is 30.3 Å². The normalized spacial score (nSPS) is 15.0. The number of thiocarbonyl (C=S) groups is 1. The fourth-order valence-electron chi connectivity index (χ4n) is 3.83. The summed E-state index contributed by atoms with van der Waals surface area (Å²) in [7, 11) is 1.27. The van der Waals surface area contributed by atoms with Gasteiger partial charge in [0.1, 0.15) is 24.0 Å². The standard InChI is InChI=1S/C24H22FN5O3S/c1-24(2)22(31)29(18-9-6-16(12-26)21(32-3)20(18)25)23(34)30(24)17-7-4-15(5-8-17)13-33-14-19-27-10-11-28-19/h4-11H,13-14H2,1-3H3,(H,27,28). The molecule has 4 rings (SSSR count). The van der Waals surface area contributed by atoms with Crippen LogP contribution >= 0.6 is 12.2 Å². The van der Waals surface area contributed by atoms with Crippen molar-refractivity contribution in [2.24, 2.45) is 0 Å². The highest BCUT2D eigenvalue weighted by molar-refractivity contribution is 7.81. The molecule has 174 valence electrons. The SMILES string of the molecule is COc1c(C#N)ccc(N2C(=O)C(C)(C)N(c3ccc(COCc4ncc[nH]4)cc3)C2=S)c1F. The minimum atomic E-state index is -1.07. The molecule has 8 nitrogen and oxygen atoms in total. The van der Waals surface area contributed by atoms with E-state index in [-0.39, 0.29) is 22.1 Å². The average Bonchev–Trinajstić information content (AvgIpc) is 3.39. The lowest BCUT2D eigenvalue weighted by atomic mass is 10.0. The quantitative estimate of drug-likeness (QED) is 0.511. The van der Waals surface area contributed by atoms with E-state index < -0.39 is 17.3 Å². The number of nitrogens with zero attached hydrogens (tertiary/aromatic N) is 4. The number of hydrogen-bond donors (Lipinski definition) is 1. The Bertz CT molecular complexity index is 1270. The number of ether oxygens (including phenoxy) is 2. The summed E-state index contributed by atoms with van der Waals surface area (Å²) in [4.78, 5) is 23.3. The molecule has 1 saturated heterocycles. The number of aromatic amines is 1. The first-order valence-electron chi connectivity index (χ1n) is 10.4. The Kier molecular flexibility index (Phi) is 6.32. The zero-order valence-electron chi connectivity index (χ0n) is 18.8. The zero-order valence-corrected chi connectivity index (χ0v) is 19.6. The number of hydrogen-bond acceptors (Lipinski definition) is 6. The molecule has 2 aromatic carbocycles. The van der Waals surface area contributed by atoms with Crippen molar-refractivity contribution in [2.45, 2.75) is 32.6 Å². The molecule has 0 unspecified atom stereocenters. The number of carbonyl (C=O) groups excluding carboxylic acids is 1. The molecule has 1 fully saturated rings. The van der Waals surface area contributed by atoms with Gasteiger partial charge in [0.15, 0.2) is 16.7 Å². The van der Waals surface area contributed by atoms with Crippen LogP contribution in [0.1, 0.15) is 30.8 Å². The summed E-state index contributed by atoms with van der Waals surface area (Å²) in [6.45, 7) is 4.19. The highest BCUT2D eigenvalue weighted by atomic mass is 32.1. The number of nitriles is 1. The first-order valence-corrected chi connectivity index (χ1v) is 10.8. The minimum Gasteiger partial charge on any atom is -0.492 e. The van der Waals surface area contributed by atoms with Gasteiger partial charge in [0.05, 0.1) is 25.0 Å². The monoisotopic (exact) mass is 479 g/mol. The maximum Gasteiger partial charge on any atom is 0.259 e. The van der Waals surface area contributed by atoms with Crippen LogP contribution in [-0.4, -0.2) is 33.6 Å². The van der Waals surface area contributed by atoms with E-state index in [0.717, 1.165) is 16.3 Å². The highest BCUT2D eigenvalue weighted by Gasteiger charge is 2.51. The second-order valence-corrected chi connectivity index (χ2v) is 8.47. The van der Waals surface area contributed by atoms with Gasteiger partial charge in [0.25, 0.3) is 5.91 Å². The van der Waals surface area contributed by atoms with Crippen molar-refractivity contribution in [3.8, 4) is 11.8 Å². The van der Waals surface area contributed by atoms with Crippen molar-refractivity contribution < 1.29 is 18.7 Å². The van der Waals surface area contributed by atoms with Gasteiger partial charge < -0.3 is 19.4 Å². The van der Waals surface area contributed by atoms with Gasteiger partial charge in [-0.25, -0.2) is 9.37 Å². The Morgan fingerprint density at radius 2 is 1.94 bits per heavy atom. The Labute approximate surface area is 201 Å². The number of nitrogens with one attached hydrogen (secondary N) is 1. The number of methoxy groups -OCH3 is 1. The van der Waals surface area contributed by atoms with Crippen LogP contribution in [0.3, 0.4) is 0 Å². The average molecular weight is 480 g/mol. The molecule has 0 spiro atoms. The van der Waals surface area contributed by atoms with Crippen LogP contribution in [0, 0.1) is 17.1 Å². The molecule has 2 heterocycles. The number of halogens is 1. The smallest absolute Gasteiger partial charge is 0.259 e. The van der Waals surface area contributed by atoms with Gasteiger partial charge in [-0.05, 0) is 55.9 Å². The van der Waals surface area contributed by atoms with Gasteiger partial charge in [-0.15, -0.1) is 0 Å². The van der Waals surface area contributed by atoms with Crippen molar-refractivity contribution in [3.05, 3.63) is 71.6 Å². The van der Waals surface area contributed by atoms with E-state index in [9.17, 15) is 10.1 Å². The lowest BCUT2D eigenvalue weighted by molar-refractivity contribution is -0.120. The molecule has 0 saturated carbocycles. The predicted molar refractivity (Wildman–Crippen MR) is 128 cm³/mol. The fourth-order valence-corrected chi connectivity index (χ4v) is 4.35. The number of anilines is 2. The molecule has 10 heteroatoms. The van der Waals surface area contributed by atoms with Crippen molar-refractivity contribution in [3.63, 3.8) is 0 Å². The summed E-state index contributed by atoms with van der Waals surface area (Å²) in [5.41, 5.74) is 0.514. The fraction of sp³-hybridized carbons (Fsp3) is 0.250. The largest absolute Gasteiger partial charge is 0.492 e. The molecule has 0 radical (unpaired) electrons. The van der Waals surface area contributed by atoms with Crippen LogP contribution in [-0.2, 0) is 22.7 Å². The van der Waals surface area contributed by atoms with E-state index in [0.29, 0.717) is 18.9 Å². The summed E-state index contributed by atoms with van der Waals surface area (Å²) in [6, 6.07) is 12.1. The number of imidazole rings is 1. The first-order chi connectivity index (χ1) is 16.3. The number of amides is 1. The Hall–Kier alpha value is -3.81. The summed E-state index contributed by atoms with van der Waals surface area (Å²) in [5.74, 6) is -0.704. The molecule has 3 aromatic rings. The minimum absolute atomic E-state index is 0.0299. The van der Waals surface area contributed by atoms with E-state index in [2.05, 4.69) is 9.97 Å². The van der Waals surface area contributed by atoms with Gasteiger partial charge in [-0.2, -0.15) is 5.26 Å². The molecule has 34 heavy (non-hydrogen) atoms. The van der Waals surface area contributed by atoms with Crippen LogP contribution in [0.15, 0.2) is 48.8 Å². The molecular formula is C24H22FN5O3S. The number of rotatable bonds is 7. The second-order valence-electron chi connectivity index (χ2n) is 8.10. The lowest BCUT2D eigenvalue weighted by Crippen LogP contribution is -2.44. The van der Waals surface area contributed by atoms with Gasteiger partial charge in [-0.3, -0.25) is 9.69 Å². The van der Waals surface area contributed by atoms with E-state index in [4.69, 9.17) is 21.7 Å². The number of carbonyl (C=O) groups is 1. The maximum atomic E-state index is 15.2. The van der Waals surface area contributed by atoms with Crippen LogP contribution in [0.5, 0.6) is 5.75 Å². The third kappa shape index (κ3) is 4.00. The van der Waals surface area contributed by atoms with E-state index in [1.165, 1.54) is 19.2 Å². The van der Waals surface area contributed by atoms with Gasteiger partial charge in [0.2, 0.25) is 0 Å². The van der Waals surface area contributed by atoms with Crippen LogP contribution in [0.2, 0.25) is 0 Å². The Morgan fingerprint density at radius 1 is 1.21 bits per heavy atom. The lowest BCUT2D eigenvalue weighted by Gasteiger charge is -2.29. The molecule has 1 amide bonds. The molecule has 1 aromatic heterocycles. The van der Waals surface area contributed by atoms with Crippen molar-refractivity contribution >= 4 is 34.6 Å². The van der Waals surface area contributed by atoms with Crippen LogP contribution in [0.25, 0.3) is 0 Å². The summed E-state index contributed by atoms with van der Waals surface area (Å²) in [6.07, 6.45) is 3.40. The number of aromatic nitrogens is 2. The highest BCUT2D eigenvalue weighted by Crippen LogP contribution is 2.39. The van der Waals surface area contributed by atoms with E-state index >= 15 is 4.39 Å². The number of benzene rings is 2. The van der Waals surface area contributed by atoms with Gasteiger partial charge in [0, 0.05) is 18.1 Å². The third-order valence-electron chi connectivity index (χ3n) is 5.57. The Morgan fingerprint density at radius 3 is 2.56 bits per heavy atom. The number of H-pyrrole nitrogens is 1. The topological polar surface area (TPSA) is 94.5 Å². The first kappa shape index (κ1) is 23.4. The summed E-state index contributed by atoms with van der Waals surface area (Å²) in [5, 5.41) is 9.33. The second kappa shape index (κ2) is 9.21. The maximum absolute atomic E-state index is 15.2. The third-order valence-corrected chi connectivity index (χ3v) is 5.93. The summed E-state index contributed by atoms with van der Waals surface area (Å²) < 4.78 is 25.9. The van der Waals surface area contributed by atoms with Crippen LogP contribution < -0.4 is 14.5 Å². The van der Waals surface area contributed by atoms with E-state index in [1.54, 1.807) is 31.1 Å².